The van der Waals surface area contributed by atoms with E-state index in [0.717, 1.165) is 11.1 Å². The number of benzene rings is 2. The molecule has 0 bridgehead atoms. The number of carbonyl (C=O) groups is 1. The number of ether oxygens (including phenoxy) is 1. The van der Waals surface area contributed by atoms with E-state index in [1.807, 2.05) is 69.3 Å². The van der Waals surface area contributed by atoms with Crippen molar-refractivity contribution in [3.05, 3.63) is 64.7 Å². The molecular formula is C20H25ClN2O2. The molecule has 0 radical (unpaired) electrons. The number of urea groups is 1. The molecule has 0 fully saturated rings. The predicted octanol–water partition coefficient (Wildman–Crippen LogP) is 4.65. The largest absolute Gasteiger partial charge is 0.490 e. The van der Waals surface area contributed by atoms with Gasteiger partial charge >= 0.3 is 6.03 Å². The first-order valence-corrected chi connectivity index (χ1v) is 8.82. The summed E-state index contributed by atoms with van der Waals surface area (Å²) in [5.74, 6) is 0.640. The van der Waals surface area contributed by atoms with Crippen LogP contribution in [0.4, 0.5) is 4.79 Å². The van der Waals surface area contributed by atoms with Gasteiger partial charge in [-0.1, -0.05) is 48.0 Å². The van der Waals surface area contributed by atoms with Crippen molar-refractivity contribution in [2.45, 2.75) is 33.4 Å². The first kappa shape index (κ1) is 19.1. The summed E-state index contributed by atoms with van der Waals surface area (Å²) in [6.45, 7) is 7.36. The van der Waals surface area contributed by atoms with E-state index in [9.17, 15) is 4.79 Å². The van der Waals surface area contributed by atoms with Gasteiger partial charge in [0.2, 0.25) is 0 Å². The molecule has 2 amide bonds. The number of halogens is 1. The van der Waals surface area contributed by atoms with Crippen molar-refractivity contribution >= 4 is 17.6 Å². The highest BCUT2D eigenvalue weighted by atomic mass is 35.5. The van der Waals surface area contributed by atoms with Gasteiger partial charge < -0.3 is 15.0 Å². The Hall–Kier alpha value is -2.20. The second kappa shape index (κ2) is 9.33. The Balaban J connectivity index is 1.83. The predicted molar refractivity (Wildman–Crippen MR) is 102 cm³/mol. The zero-order valence-electron chi connectivity index (χ0n) is 15.0. The second-order valence-corrected chi connectivity index (χ2v) is 6.63. The fourth-order valence-electron chi connectivity index (χ4n) is 2.41. The zero-order chi connectivity index (χ0) is 18.2. The van der Waals surface area contributed by atoms with Gasteiger partial charge in [0.15, 0.2) is 0 Å². The minimum atomic E-state index is -0.0993. The molecular weight excluding hydrogens is 336 g/mol. The topological polar surface area (TPSA) is 41.6 Å². The van der Waals surface area contributed by atoms with Gasteiger partial charge in [-0.05, 0) is 44.0 Å². The quantitative estimate of drug-likeness (QED) is 0.730. The van der Waals surface area contributed by atoms with E-state index in [1.54, 1.807) is 4.90 Å². The number of amides is 2. The number of aryl methyl sites for hydroxylation is 1. The summed E-state index contributed by atoms with van der Waals surface area (Å²) in [5, 5.41) is 3.48. The van der Waals surface area contributed by atoms with Crippen molar-refractivity contribution in [3.8, 4) is 5.75 Å². The van der Waals surface area contributed by atoms with E-state index in [1.165, 1.54) is 0 Å². The van der Waals surface area contributed by atoms with E-state index in [0.29, 0.717) is 30.5 Å². The lowest BCUT2D eigenvalue weighted by Gasteiger charge is -2.27. The number of rotatable bonds is 7. The van der Waals surface area contributed by atoms with Crippen LogP contribution < -0.4 is 10.1 Å². The number of nitrogens with one attached hydrogen (secondary N) is 1. The first-order valence-electron chi connectivity index (χ1n) is 8.44. The van der Waals surface area contributed by atoms with Crippen LogP contribution in [0.5, 0.6) is 5.75 Å². The zero-order valence-corrected chi connectivity index (χ0v) is 15.7. The Morgan fingerprint density at radius 2 is 1.92 bits per heavy atom. The highest BCUT2D eigenvalue weighted by molar-refractivity contribution is 6.32. The molecule has 4 nitrogen and oxygen atoms in total. The molecule has 2 rings (SSSR count). The summed E-state index contributed by atoms with van der Waals surface area (Å²) in [5.41, 5.74) is 2.19. The van der Waals surface area contributed by atoms with Crippen molar-refractivity contribution in [2.75, 3.05) is 13.2 Å². The van der Waals surface area contributed by atoms with Gasteiger partial charge in [0.05, 0.1) is 11.6 Å². The maximum absolute atomic E-state index is 12.5. The van der Waals surface area contributed by atoms with Crippen LogP contribution in [0.25, 0.3) is 0 Å². The average Bonchev–Trinajstić information content (AvgIpc) is 2.60. The van der Waals surface area contributed by atoms with E-state index in [4.69, 9.17) is 16.3 Å². The van der Waals surface area contributed by atoms with Crippen LogP contribution in [-0.2, 0) is 6.54 Å². The molecule has 0 aliphatic heterocycles. The molecule has 0 unspecified atom stereocenters. The normalized spacial score (nSPS) is 10.6. The SMILES string of the molecule is Cc1ccc(Cl)c(OCCNC(=O)N(Cc2ccccc2)C(C)C)c1. The van der Waals surface area contributed by atoms with Crippen LogP contribution in [0, 0.1) is 6.92 Å². The van der Waals surface area contributed by atoms with Gasteiger partial charge in [-0.15, -0.1) is 0 Å². The third-order valence-electron chi connectivity index (χ3n) is 3.80. The van der Waals surface area contributed by atoms with Crippen molar-refractivity contribution < 1.29 is 9.53 Å². The minimum absolute atomic E-state index is 0.0993. The Kier molecular flexibility index (Phi) is 7.14. The highest BCUT2D eigenvalue weighted by Gasteiger charge is 2.16. The summed E-state index contributed by atoms with van der Waals surface area (Å²) < 4.78 is 5.66. The molecule has 25 heavy (non-hydrogen) atoms. The molecule has 0 saturated carbocycles. The van der Waals surface area contributed by atoms with E-state index < -0.39 is 0 Å². The summed E-state index contributed by atoms with van der Waals surface area (Å²) in [4.78, 5) is 14.3. The number of hydrogen-bond acceptors (Lipinski definition) is 2. The lowest BCUT2D eigenvalue weighted by Crippen LogP contribution is -2.44. The highest BCUT2D eigenvalue weighted by Crippen LogP contribution is 2.24. The van der Waals surface area contributed by atoms with Crippen LogP contribution in [0.1, 0.15) is 25.0 Å². The van der Waals surface area contributed by atoms with Crippen molar-refractivity contribution in [1.82, 2.24) is 10.2 Å². The summed E-state index contributed by atoms with van der Waals surface area (Å²) >= 11 is 6.10. The lowest BCUT2D eigenvalue weighted by atomic mass is 10.2. The smallest absolute Gasteiger partial charge is 0.318 e. The molecule has 2 aromatic carbocycles. The van der Waals surface area contributed by atoms with Crippen LogP contribution in [0.15, 0.2) is 48.5 Å². The minimum Gasteiger partial charge on any atom is -0.490 e. The van der Waals surface area contributed by atoms with E-state index in [2.05, 4.69) is 5.32 Å². The Bertz CT molecular complexity index is 689. The summed E-state index contributed by atoms with van der Waals surface area (Å²) in [7, 11) is 0. The molecule has 134 valence electrons. The molecule has 0 heterocycles. The monoisotopic (exact) mass is 360 g/mol. The van der Waals surface area contributed by atoms with Gasteiger partial charge in [-0.25, -0.2) is 4.79 Å². The second-order valence-electron chi connectivity index (χ2n) is 6.22. The van der Waals surface area contributed by atoms with Crippen LogP contribution >= 0.6 is 11.6 Å². The average molecular weight is 361 g/mol. The van der Waals surface area contributed by atoms with Gasteiger partial charge in [-0.3, -0.25) is 0 Å². The first-order chi connectivity index (χ1) is 12.0. The summed E-state index contributed by atoms with van der Waals surface area (Å²) in [6.07, 6.45) is 0. The fraction of sp³-hybridized carbons (Fsp3) is 0.350. The van der Waals surface area contributed by atoms with Crippen molar-refractivity contribution in [2.24, 2.45) is 0 Å². The van der Waals surface area contributed by atoms with Gasteiger partial charge in [0, 0.05) is 12.6 Å². The van der Waals surface area contributed by atoms with Crippen molar-refractivity contribution in [3.63, 3.8) is 0 Å². The molecule has 0 aromatic heterocycles. The third kappa shape index (κ3) is 5.98. The van der Waals surface area contributed by atoms with Crippen LogP contribution in [-0.4, -0.2) is 30.1 Å². The van der Waals surface area contributed by atoms with E-state index in [-0.39, 0.29) is 12.1 Å². The Morgan fingerprint density at radius 3 is 2.60 bits per heavy atom. The number of carbonyl (C=O) groups excluding carboxylic acids is 1. The Morgan fingerprint density at radius 1 is 1.20 bits per heavy atom. The Labute approximate surface area is 154 Å². The maximum atomic E-state index is 12.5. The molecule has 2 aromatic rings. The standard InChI is InChI=1S/C20H25ClN2O2/c1-15(2)23(14-17-7-5-4-6-8-17)20(24)22-11-12-25-19-13-16(3)9-10-18(19)21/h4-10,13,15H,11-12,14H2,1-3H3,(H,22,24). The number of hydrogen-bond donors (Lipinski definition) is 1. The third-order valence-corrected chi connectivity index (χ3v) is 4.11. The molecule has 0 atom stereocenters. The molecule has 5 heteroatoms. The maximum Gasteiger partial charge on any atom is 0.318 e. The van der Waals surface area contributed by atoms with Crippen molar-refractivity contribution in [1.29, 1.82) is 0 Å². The molecule has 0 saturated heterocycles. The van der Waals surface area contributed by atoms with E-state index >= 15 is 0 Å². The fourth-order valence-corrected chi connectivity index (χ4v) is 2.58. The van der Waals surface area contributed by atoms with Crippen LogP contribution in [0.2, 0.25) is 5.02 Å². The van der Waals surface area contributed by atoms with Gasteiger partial charge in [-0.2, -0.15) is 0 Å². The summed E-state index contributed by atoms with van der Waals surface area (Å²) in [6, 6.07) is 15.6. The number of nitrogens with zero attached hydrogens (tertiary/aromatic N) is 1. The lowest BCUT2D eigenvalue weighted by molar-refractivity contribution is 0.177. The molecule has 0 aliphatic carbocycles. The molecule has 1 N–H and O–H groups in total. The van der Waals surface area contributed by atoms with Crippen LogP contribution in [0.3, 0.4) is 0 Å². The van der Waals surface area contributed by atoms with Gasteiger partial charge in [0.1, 0.15) is 12.4 Å². The molecule has 0 aliphatic rings. The molecule has 0 spiro atoms. The van der Waals surface area contributed by atoms with Gasteiger partial charge in [0.25, 0.3) is 0 Å².